The molecule has 0 fully saturated rings. The number of nitrogens with zero attached hydrogens (tertiary/aromatic N) is 1. The number of carbonyl (C=O) groups is 2. The lowest BCUT2D eigenvalue weighted by atomic mass is 9.75. The van der Waals surface area contributed by atoms with Crippen molar-refractivity contribution in [2.75, 3.05) is 18.6 Å². The number of allylic oxidation sites excluding steroid dienone is 2. The van der Waals surface area contributed by atoms with Gasteiger partial charge in [0.15, 0.2) is 5.78 Å². The smallest absolute Gasteiger partial charge is 0.338 e. The summed E-state index contributed by atoms with van der Waals surface area (Å²) in [6.07, 6.45) is 1.90. The van der Waals surface area contributed by atoms with E-state index in [1.165, 1.54) is 0 Å². The first-order valence-electron chi connectivity index (χ1n) is 10.5. The highest BCUT2D eigenvalue weighted by Crippen LogP contribution is 2.46. The summed E-state index contributed by atoms with van der Waals surface area (Å²) in [5, 5.41) is 0. The molecule has 0 unspecified atom stereocenters. The first-order valence-corrected chi connectivity index (χ1v) is 10.5. The van der Waals surface area contributed by atoms with E-state index in [0.717, 1.165) is 23.4 Å². The van der Waals surface area contributed by atoms with Crippen LogP contribution in [0.4, 0.5) is 5.69 Å². The molecule has 2 aliphatic rings. The Bertz CT molecular complexity index is 1050. The maximum absolute atomic E-state index is 13.2. The van der Waals surface area contributed by atoms with E-state index in [-0.39, 0.29) is 12.4 Å². The molecule has 160 valence electrons. The predicted molar refractivity (Wildman–Crippen MR) is 118 cm³/mol. The van der Waals surface area contributed by atoms with Crippen LogP contribution in [-0.4, -0.2) is 25.5 Å². The Labute approximate surface area is 181 Å². The van der Waals surface area contributed by atoms with E-state index in [1.54, 1.807) is 14.0 Å². The fraction of sp³-hybridized carbons (Fsp3) is 0.280. The summed E-state index contributed by atoms with van der Waals surface area (Å²) in [7, 11) is 1.60. The van der Waals surface area contributed by atoms with Gasteiger partial charge in [-0.05, 0) is 49.6 Å². The maximum Gasteiger partial charge on any atom is 0.338 e. The van der Waals surface area contributed by atoms with Crippen molar-refractivity contribution in [2.24, 2.45) is 5.73 Å². The second kappa shape index (κ2) is 8.68. The number of esters is 1. The molecule has 2 N–H and O–H groups in total. The molecular formula is C25H26N2O4. The normalized spacial score (nSPS) is 18.7. The van der Waals surface area contributed by atoms with Gasteiger partial charge >= 0.3 is 5.97 Å². The molecule has 0 amide bonds. The van der Waals surface area contributed by atoms with E-state index >= 15 is 0 Å². The topological polar surface area (TPSA) is 81.9 Å². The van der Waals surface area contributed by atoms with Crippen molar-refractivity contribution in [3.8, 4) is 5.75 Å². The molecule has 6 nitrogen and oxygen atoms in total. The van der Waals surface area contributed by atoms with Gasteiger partial charge in [0.1, 0.15) is 11.6 Å². The number of hydrogen-bond donors (Lipinski definition) is 1. The number of ketones is 1. The van der Waals surface area contributed by atoms with Crippen LogP contribution in [-0.2, 0) is 14.3 Å². The van der Waals surface area contributed by atoms with Crippen LogP contribution in [0.25, 0.3) is 0 Å². The molecule has 2 aromatic rings. The monoisotopic (exact) mass is 418 g/mol. The zero-order chi connectivity index (χ0) is 22.0. The minimum Gasteiger partial charge on any atom is -0.497 e. The number of Topliss-reactive ketones (excluding diaryl/α,β-unsaturated/α-hetero) is 1. The number of methoxy groups -OCH3 is 1. The SMILES string of the molecule is CCOC(=O)C1=C(N)N(c2ccccc2)C2=C(C(=O)CCC2)[C@H]1c1ccc(OC)cc1. The van der Waals surface area contributed by atoms with Crippen molar-refractivity contribution in [1.82, 2.24) is 0 Å². The number of ether oxygens (including phenoxy) is 2. The average molecular weight is 418 g/mol. The van der Waals surface area contributed by atoms with Crippen molar-refractivity contribution in [3.63, 3.8) is 0 Å². The summed E-state index contributed by atoms with van der Waals surface area (Å²) < 4.78 is 10.7. The lowest BCUT2D eigenvalue weighted by molar-refractivity contribution is -0.138. The van der Waals surface area contributed by atoms with Crippen LogP contribution in [0.15, 0.2) is 77.3 Å². The number of nitrogens with two attached hydrogens (primary N) is 1. The van der Waals surface area contributed by atoms with Crippen LogP contribution in [0, 0.1) is 0 Å². The third-order valence-electron chi connectivity index (χ3n) is 5.75. The summed E-state index contributed by atoms with van der Waals surface area (Å²) in [6.45, 7) is 1.97. The van der Waals surface area contributed by atoms with Crippen LogP contribution < -0.4 is 15.4 Å². The molecule has 1 aliphatic heterocycles. The van der Waals surface area contributed by atoms with E-state index < -0.39 is 11.9 Å². The Morgan fingerprint density at radius 3 is 2.45 bits per heavy atom. The number of rotatable bonds is 5. The molecular weight excluding hydrogens is 392 g/mol. The number of carbonyl (C=O) groups excluding carboxylic acids is 2. The summed E-state index contributed by atoms with van der Waals surface area (Å²) in [5.41, 5.74) is 10.1. The van der Waals surface area contributed by atoms with Gasteiger partial charge in [-0.15, -0.1) is 0 Å². The molecule has 0 bridgehead atoms. The molecule has 31 heavy (non-hydrogen) atoms. The van der Waals surface area contributed by atoms with Crippen LogP contribution in [0.2, 0.25) is 0 Å². The third-order valence-corrected chi connectivity index (χ3v) is 5.75. The lowest BCUT2D eigenvalue weighted by Crippen LogP contribution is -2.41. The zero-order valence-electron chi connectivity index (χ0n) is 17.8. The standard InChI is InChI=1S/C25H26N2O4/c1-3-31-25(29)23-21(16-12-14-18(30-2)15-13-16)22-19(10-7-11-20(22)28)27(24(23)26)17-8-5-4-6-9-17/h4-6,8-9,12-15,21H,3,7,10-11,26H2,1-2H3/t21-/m1/s1. The second-order valence-electron chi connectivity index (χ2n) is 7.53. The molecule has 1 aliphatic carbocycles. The van der Waals surface area contributed by atoms with Gasteiger partial charge < -0.3 is 15.2 Å². The molecule has 1 atom stereocenters. The van der Waals surface area contributed by atoms with Gasteiger partial charge in [0.05, 0.1) is 25.2 Å². The largest absolute Gasteiger partial charge is 0.497 e. The van der Waals surface area contributed by atoms with E-state index in [9.17, 15) is 9.59 Å². The number of para-hydroxylation sites is 1. The van der Waals surface area contributed by atoms with E-state index in [2.05, 4.69) is 0 Å². The van der Waals surface area contributed by atoms with E-state index in [0.29, 0.717) is 35.6 Å². The first-order chi connectivity index (χ1) is 15.1. The van der Waals surface area contributed by atoms with Gasteiger partial charge in [-0.25, -0.2) is 4.79 Å². The summed E-state index contributed by atoms with van der Waals surface area (Å²) in [5.74, 6) is -0.0418. The van der Waals surface area contributed by atoms with Gasteiger partial charge in [-0.2, -0.15) is 0 Å². The Hall–Kier alpha value is -3.54. The number of hydrogen-bond acceptors (Lipinski definition) is 6. The predicted octanol–water partition coefficient (Wildman–Crippen LogP) is 4.04. The molecule has 0 radical (unpaired) electrons. The van der Waals surface area contributed by atoms with Gasteiger partial charge in [0.2, 0.25) is 0 Å². The molecule has 0 spiro atoms. The minimum atomic E-state index is -0.576. The molecule has 4 rings (SSSR count). The highest BCUT2D eigenvalue weighted by Gasteiger charge is 2.43. The summed E-state index contributed by atoms with van der Waals surface area (Å²) in [4.78, 5) is 28.2. The van der Waals surface area contributed by atoms with Crippen molar-refractivity contribution < 1.29 is 19.1 Å². The van der Waals surface area contributed by atoms with E-state index in [1.807, 2.05) is 59.5 Å². The van der Waals surface area contributed by atoms with Crippen LogP contribution in [0.5, 0.6) is 5.75 Å². The van der Waals surface area contributed by atoms with Crippen molar-refractivity contribution in [3.05, 3.63) is 82.8 Å². The average Bonchev–Trinajstić information content (AvgIpc) is 2.79. The number of benzene rings is 2. The molecule has 2 aromatic carbocycles. The van der Waals surface area contributed by atoms with Crippen LogP contribution in [0.1, 0.15) is 37.7 Å². The van der Waals surface area contributed by atoms with Crippen LogP contribution in [0.3, 0.4) is 0 Å². The Kier molecular flexibility index (Phi) is 5.80. The van der Waals surface area contributed by atoms with Gasteiger partial charge in [-0.1, -0.05) is 30.3 Å². The first kappa shape index (κ1) is 20.7. The summed E-state index contributed by atoms with van der Waals surface area (Å²) in [6, 6.07) is 17.0. The minimum absolute atomic E-state index is 0.0392. The fourth-order valence-electron chi connectivity index (χ4n) is 4.40. The summed E-state index contributed by atoms with van der Waals surface area (Å²) >= 11 is 0. The van der Waals surface area contributed by atoms with Gasteiger partial charge in [0, 0.05) is 23.4 Å². The van der Waals surface area contributed by atoms with Crippen molar-refractivity contribution >= 4 is 17.4 Å². The highest BCUT2D eigenvalue weighted by atomic mass is 16.5. The van der Waals surface area contributed by atoms with Gasteiger partial charge in [0.25, 0.3) is 0 Å². The molecule has 0 saturated carbocycles. The molecule has 6 heteroatoms. The maximum atomic E-state index is 13.2. The van der Waals surface area contributed by atoms with Crippen LogP contribution >= 0.6 is 0 Å². The quantitative estimate of drug-likeness (QED) is 0.738. The Morgan fingerprint density at radius 1 is 1.10 bits per heavy atom. The zero-order valence-corrected chi connectivity index (χ0v) is 17.8. The van der Waals surface area contributed by atoms with Crippen molar-refractivity contribution in [1.29, 1.82) is 0 Å². The third kappa shape index (κ3) is 3.69. The highest BCUT2D eigenvalue weighted by molar-refractivity contribution is 6.05. The van der Waals surface area contributed by atoms with Gasteiger partial charge in [-0.3, -0.25) is 9.69 Å². The fourth-order valence-corrected chi connectivity index (χ4v) is 4.40. The second-order valence-corrected chi connectivity index (χ2v) is 7.53. The lowest BCUT2D eigenvalue weighted by Gasteiger charge is -2.40. The van der Waals surface area contributed by atoms with E-state index in [4.69, 9.17) is 15.2 Å². The Morgan fingerprint density at radius 2 is 1.81 bits per heavy atom. The molecule has 0 saturated heterocycles. The molecule has 0 aromatic heterocycles. The number of anilines is 1. The Balaban J connectivity index is 1.96. The molecule has 1 heterocycles. The van der Waals surface area contributed by atoms with Crippen molar-refractivity contribution in [2.45, 2.75) is 32.1 Å².